The van der Waals surface area contributed by atoms with E-state index in [1.54, 1.807) is 0 Å². The Kier molecular flexibility index (Phi) is 6.04. The molecule has 150 valence electrons. The molecule has 0 bridgehead atoms. The summed E-state index contributed by atoms with van der Waals surface area (Å²) in [5.74, 6) is 4.81. The average Bonchev–Trinajstić information content (AvgIpc) is 3.35. The summed E-state index contributed by atoms with van der Waals surface area (Å²) in [4.78, 5) is 4.82. The molecule has 28 heavy (non-hydrogen) atoms. The Morgan fingerprint density at radius 1 is 1.32 bits per heavy atom. The lowest BCUT2D eigenvalue weighted by Gasteiger charge is -2.28. The molecule has 0 aliphatic carbocycles. The molecule has 4 rings (SSSR count). The second-order valence-corrected chi connectivity index (χ2v) is 8.68. The Morgan fingerprint density at radius 2 is 2.21 bits per heavy atom. The Morgan fingerprint density at radius 3 is 3.00 bits per heavy atom. The molecule has 0 saturated carbocycles. The number of nitrogens with zero attached hydrogens (tertiary/aromatic N) is 4. The van der Waals surface area contributed by atoms with Gasteiger partial charge in [-0.05, 0) is 31.6 Å². The van der Waals surface area contributed by atoms with E-state index in [2.05, 4.69) is 33.0 Å². The third kappa shape index (κ3) is 4.43. The number of fused-ring (bicyclic) bond motifs is 1. The Labute approximate surface area is 170 Å². The second kappa shape index (κ2) is 8.86. The lowest BCUT2D eigenvalue weighted by molar-refractivity contribution is 0.261. The van der Waals surface area contributed by atoms with Crippen molar-refractivity contribution in [1.82, 2.24) is 25.4 Å². The van der Waals surface area contributed by atoms with Crippen LogP contribution in [0.25, 0.3) is 0 Å². The molecule has 1 aromatic heterocycles. The zero-order valence-electron chi connectivity index (χ0n) is 16.5. The Hall–Kier alpha value is -2.22. The summed E-state index contributed by atoms with van der Waals surface area (Å²) >= 11 is 2.05. The van der Waals surface area contributed by atoms with Gasteiger partial charge in [0.25, 0.3) is 0 Å². The molecule has 7 nitrogen and oxygen atoms in total. The van der Waals surface area contributed by atoms with Gasteiger partial charge >= 0.3 is 0 Å². The minimum absolute atomic E-state index is 0.189. The van der Waals surface area contributed by atoms with Gasteiger partial charge in [0.1, 0.15) is 18.1 Å². The van der Waals surface area contributed by atoms with Gasteiger partial charge in [-0.1, -0.05) is 18.2 Å². The molecule has 2 aromatic rings. The molecule has 1 saturated heterocycles. The van der Waals surface area contributed by atoms with Crippen molar-refractivity contribution >= 4 is 17.7 Å². The maximum atomic E-state index is 5.80. The van der Waals surface area contributed by atoms with E-state index < -0.39 is 0 Å². The highest BCUT2D eigenvalue weighted by Crippen LogP contribution is 2.31. The highest BCUT2D eigenvalue weighted by atomic mass is 32.2. The van der Waals surface area contributed by atoms with Crippen LogP contribution in [0.4, 0.5) is 0 Å². The number of benzene rings is 1. The third-order valence-electron chi connectivity index (χ3n) is 5.35. The topological polar surface area (TPSA) is 76.4 Å². The number of guanidine groups is 1. The van der Waals surface area contributed by atoms with Crippen LogP contribution in [0.15, 0.2) is 29.3 Å². The molecule has 0 amide bonds. The summed E-state index contributed by atoms with van der Waals surface area (Å²) in [6.45, 7) is 4.09. The molecule has 1 aromatic carbocycles. The fraction of sp³-hybridized carbons (Fsp3) is 0.550. The number of rotatable bonds is 5. The third-order valence-corrected chi connectivity index (χ3v) is 6.75. The van der Waals surface area contributed by atoms with E-state index in [0.717, 1.165) is 36.3 Å². The van der Waals surface area contributed by atoms with E-state index >= 15 is 0 Å². The van der Waals surface area contributed by atoms with Crippen molar-refractivity contribution in [1.29, 1.82) is 0 Å². The minimum atomic E-state index is 0.189. The molecule has 0 radical (unpaired) electrons. The van der Waals surface area contributed by atoms with Crippen molar-refractivity contribution < 1.29 is 4.74 Å². The van der Waals surface area contributed by atoms with Crippen LogP contribution in [0.2, 0.25) is 0 Å². The summed E-state index contributed by atoms with van der Waals surface area (Å²) in [5, 5.41) is 16.2. The van der Waals surface area contributed by atoms with Crippen LogP contribution in [0.5, 0.6) is 5.75 Å². The van der Waals surface area contributed by atoms with Gasteiger partial charge in [0.2, 0.25) is 0 Å². The highest BCUT2D eigenvalue weighted by Gasteiger charge is 2.23. The quantitative estimate of drug-likeness (QED) is 0.593. The minimum Gasteiger partial charge on any atom is -0.493 e. The van der Waals surface area contributed by atoms with Crippen LogP contribution in [0.1, 0.15) is 42.5 Å². The molecule has 0 spiro atoms. The van der Waals surface area contributed by atoms with Crippen LogP contribution in [-0.4, -0.2) is 44.9 Å². The molecule has 8 heteroatoms. The van der Waals surface area contributed by atoms with Crippen molar-refractivity contribution in [3.63, 3.8) is 0 Å². The van der Waals surface area contributed by atoms with E-state index in [0.29, 0.717) is 18.4 Å². The first kappa shape index (κ1) is 19.1. The summed E-state index contributed by atoms with van der Waals surface area (Å²) in [6.07, 6.45) is 3.50. The van der Waals surface area contributed by atoms with Gasteiger partial charge < -0.3 is 19.9 Å². The molecular formula is C20H28N6OS. The average molecular weight is 401 g/mol. The van der Waals surface area contributed by atoms with Gasteiger partial charge in [0, 0.05) is 30.8 Å². The summed E-state index contributed by atoms with van der Waals surface area (Å²) in [5.41, 5.74) is 1.19. The van der Waals surface area contributed by atoms with Crippen LogP contribution >= 0.6 is 11.8 Å². The number of hydrogen-bond donors (Lipinski definition) is 2. The maximum Gasteiger partial charge on any atom is 0.192 e. The van der Waals surface area contributed by atoms with Crippen molar-refractivity contribution in [3.8, 4) is 5.75 Å². The van der Waals surface area contributed by atoms with E-state index in [-0.39, 0.29) is 6.04 Å². The van der Waals surface area contributed by atoms with Gasteiger partial charge in [-0.2, -0.15) is 11.8 Å². The van der Waals surface area contributed by atoms with Crippen LogP contribution in [0, 0.1) is 6.92 Å². The number of aliphatic imine (C=N–C) groups is 1. The highest BCUT2D eigenvalue weighted by molar-refractivity contribution is 8.00. The van der Waals surface area contributed by atoms with Gasteiger partial charge in [0.05, 0.1) is 12.6 Å². The predicted molar refractivity (Wildman–Crippen MR) is 113 cm³/mol. The molecule has 2 N–H and O–H groups in total. The largest absolute Gasteiger partial charge is 0.493 e. The summed E-state index contributed by atoms with van der Waals surface area (Å²) in [6, 6.07) is 8.42. The number of aromatic nitrogens is 3. The van der Waals surface area contributed by atoms with Gasteiger partial charge in [-0.3, -0.25) is 0 Å². The van der Waals surface area contributed by atoms with Crippen molar-refractivity contribution in [2.45, 2.75) is 44.0 Å². The lowest BCUT2D eigenvalue weighted by Crippen LogP contribution is -2.43. The number of ether oxygens (including phenoxy) is 1. The zero-order valence-corrected chi connectivity index (χ0v) is 17.3. The van der Waals surface area contributed by atoms with Crippen LogP contribution in [-0.2, 0) is 13.6 Å². The van der Waals surface area contributed by atoms with E-state index in [1.165, 1.54) is 24.2 Å². The smallest absolute Gasteiger partial charge is 0.192 e. The fourth-order valence-corrected chi connectivity index (χ4v) is 4.77. The first-order valence-electron chi connectivity index (χ1n) is 9.94. The van der Waals surface area contributed by atoms with Gasteiger partial charge in [-0.15, -0.1) is 10.2 Å². The number of nitrogens with one attached hydrogen (secondary N) is 2. The first-order valence-corrected chi connectivity index (χ1v) is 11.0. The van der Waals surface area contributed by atoms with E-state index in [1.807, 2.05) is 42.4 Å². The van der Waals surface area contributed by atoms with E-state index in [9.17, 15) is 0 Å². The fourth-order valence-electron chi connectivity index (χ4n) is 3.56. The predicted octanol–water partition coefficient (Wildman–Crippen LogP) is 2.58. The standard InChI is InChI=1S/C20H28N6OS/c1-14-24-25-19(26(14)2)13-22-20(21-12-15-6-5-11-28-15)23-17-9-10-27-18-8-4-3-7-16(17)18/h3-4,7-8,15,17H,5-6,9-13H2,1-2H3,(H2,21,22,23). The molecule has 2 aliphatic heterocycles. The summed E-state index contributed by atoms with van der Waals surface area (Å²) in [7, 11) is 1.98. The van der Waals surface area contributed by atoms with Crippen molar-refractivity contribution in [2.24, 2.45) is 12.0 Å². The first-order chi connectivity index (χ1) is 13.7. The Balaban J connectivity index is 1.49. The number of aryl methyl sites for hydroxylation is 1. The molecule has 2 atom stereocenters. The second-order valence-electron chi connectivity index (χ2n) is 7.28. The summed E-state index contributed by atoms with van der Waals surface area (Å²) < 4.78 is 7.78. The normalized spacial score (nSPS) is 21.9. The lowest BCUT2D eigenvalue weighted by atomic mass is 10.0. The molecular weight excluding hydrogens is 372 g/mol. The van der Waals surface area contributed by atoms with Crippen LogP contribution in [0.3, 0.4) is 0 Å². The van der Waals surface area contributed by atoms with Crippen molar-refractivity contribution in [3.05, 3.63) is 41.5 Å². The van der Waals surface area contributed by atoms with Gasteiger partial charge in [-0.25, -0.2) is 4.99 Å². The maximum absolute atomic E-state index is 5.80. The molecule has 3 heterocycles. The Bertz CT molecular complexity index is 830. The molecule has 2 aliphatic rings. The van der Waals surface area contributed by atoms with Gasteiger partial charge in [0.15, 0.2) is 11.8 Å². The van der Waals surface area contributed by atoms with E-state index in [4.69, 9.17) is 9.73 Å². The monoisotopic (exact) mass is 400 g/mol. The number of para-hydroxylation sites is 1. The van der Waals surface area contributed by atoms with Crippen molar-refractivity contribution in [2.75, 3.05) is 18.9 Å². The SMILES string of the molecule is Cc1nnc(CN=C(NCC2CCCS2)NC2CCOc3ccccc32)n1C. The molecule has 2 unspecified atom stereocenters. The molecule has 1 fully saturated rings. The number of thioether (sulfide) groups is 1. The number of hydrogen-bond acceptors (Lipinski definition) is 5. The zero-order chi connectivity index (χ0) is 19.3. The van der Waals surface area contributed by atoms with Crippen LogP contribution < -0.4 is 15.4 Å².